The maximum absolute atomic E-state index is 9.04. The minimum atomic E-state index is 0.312. The zero-order valence-corrected chi connectivity index (χ0v) is 13.6. The molecule has 0 N–H and O–H groups in total. The van der Waals surface area contributed by atoms with E-state index in [-0.39, 0.29) is 0 Å². The van der Waals surface area contributed by atoms with Crippen LogP contribution in [-0.2, 0) is 13.6 Å². The highest BCUT2D eigenvalue weighted by Gasteiger charge is 2.30. The Labute approximate surface area is 135 Å². The van der Waals surface area contributed by atoms with Crippen molar-refractivity contribution in [2.45, 2.75) is 32.4 Å². The molecule has 2 aromatic rings. The number of benzene rings is 1. The van der Waals surface area contributed by atoms with Gasteiger partial charge in [0.25, 0.3) is 0 Å². The van der Waals surface area contributed by atoms with Gasteiger partial charge in [0.2, 0.25) is 0 Å². The number of aryl methyl sites for hydroxylation is 2. The van der Waals surface area contributed by atoms with Crippen LogP contribution in [-0.4, -0.2) is 21.2 Å². The Bertz CT molecular complexity index is 729. The third-order valence-electron chi connectivity index (χ3n) is 4.33. The zero-order chi connectivity index (χ0) is 15.7. The summed E-state index contributed by atoms with van der Waals surface area (Å²) in [5.74, 6) is 0. The van der Waals surface area contributed by atoms with Gasteiger partial charge in [0.15, 0.2) is 0 Å². The Kier molecular flexibility index (Phi) is 4.19. The molecule has 1 atom stereocenters. The van der Waals surface area contributed by atoms with Crippen LogP contribution < -0.4 is 0 Å². The van der Waals surface area contributed by atoms with Gasteiger partial charge in [-0.3, -0.25) is 9.58 Å². The molecule has 1 aliphatic rings. The summed E-state index contributed by atoms with van der Waals surface area (Å²) in [5, 5.41) is 14.2. The first-order valence-electron chi connectivity index (χ1n) is 7.52. The number of halogens is 1. The van der Waals surface area contributed by atoms with Crippen molar-refractivity contribution < 1.29 is 0 Å². The topological polar surface area (TPSA) is 44.9 Å². The highest BCUT2D eigenvalue weighted by Crippen LogP contribution is 2.38. The smallest absolute Gasteiger partial charge is 0.131 e. The van der Waals surface area contributed by atoms with Crippen molar-refractivity contribution in [1.29, 1.82) is 5.26 Å². The van der Waals surface area contributed by atoms with Crippen molar-refractivity contribution in [3.05, 3.63) is 51.8 Å². The molecule has 22 heavy (non-hydrogen) atoms. The largest absolute Gasteiger partial charge is 0.292 e. The molecule has 0 amide bonds. The van der Waals surface area contributed by atoms with E-state index in [9.17, 15) is 0 Å². The molecule has 0 bridgehead atoms. The summed E-state index contributed by atoms with van der Waals surface area (Å²) in [4.78, 5) is 2.44. The molecule has 0 unspecified atom stereocenters. The SMILES string of the molecule is Cc1nn(C)c(Cl)c1[C@H]1CCCN1Cc1cccc(C#N)c1. The summed E-state index contributed by atoms with van der Waals surface area (Å²) in [6.45, 7) is 3.91. The first-order valence-corrected chi connectivity index (χ1v) is 7.90. The number of aromatic nitrogens is 2. The van der Waals surface area contributed by atoms with Gasteiger partial charge in [-0.2, -0.15) is 10.4 Å². The number of hydrogen-bond donors (Lipinski definition) is 0. The maximum Gasteiger partial charge on any atom is 0.131 e. The van der Waals surface area contributed by atoms with Crippen molar-refractivity contribution in [3.8, 4) is 6.07 Å². The molecule has 4 nitrogen and oxygen atoms in total. The lowest BCUT2D eigenvalue weighted by molar-refractivity contribution is 0.248. The van der Waals surface area contributed by atoms with Gasteiger partial charge in [-0.15, -0.1) is 0 Å². The van der Waals surface area contributed by atoms with Crippen LogP contribution in [0.1, 0.15) is 41.3 Å². The Balaban J connectivity index is 1.86. The number of nitrogens with zero attached hydrogens (tertiary/aromatic N) is 4. The van der Waals surface area contributed by atoms with E-state index in [4.69, 9.17) is 16.9 Å². The molecule has 0 spiro atoms. The third-order valence-corrected chi connectivity index (χ3v) is 4.78. The molecule has 5 heteroatoms. The van der Waals surface area contributed by atoms with E-state index < -0.39 is 0 Å². The molecule has 1 aromatic heterocycles. The van der Waals surface area contributed by atoms with Gasteiger partial charge in [0, 0.05) is 25.2 Å². The van der Waals surface area contributed by atoms with Crippen LogP contribution in [0, 0.1) is 18.3 Å². The number of hydrogen-bond acceptors (Lipinski definition) is 3. The van der Waals surface area contributed by atoms with E-state index in [2.05, 4.69) is 22.1 Å². The second-order valence-corrected chi connectivity index (χ2v) is 6.21. The fraction of sp³-hybridized carbons (Fsp3) is 0.412. The van der Waals surface area contributed by atoms with Crippen LogP contribution in [0.4, 0.5) is 0 Å². The molecule has 114 valence electrons. The minimum absolute atomic E-state index is 0.312. The van der Waals surface area contributed by atoms with Gasteiger partial charge in [-0.1, -0.05) is 23.7 Å². The van der Waals surface area contributed by atoms with Crippen molar-refractivity contribution in [2.75, 3.05) is 6.54 Å². The van der Waals surface area contributed by atoms with Crippen LogP contribution in [0.2, 0.25) is 5.15 Å². The van der Waals surface area contributed by atoms with E-state index >= 15 is 0 Å². The molecule has 3 rings (SSSR count). The van der Waals surface area contributed by atoms with Crippen LogP contribution in [0.3, 0.4) is 0 Å². The van der Waals surface area contributed by atoms with Gasteiger partial charge in [0.05, 0.1) is 17.3 Å². The van der Waals surface area contributed by atoms with E-state index in [0.29, 0.717) is 11.6 Å². The molecule has 0 radical (unpaired) electrons. The molecule has 1 aliphatic heterocycles. The van der Waals surface area contributed by atoms with Crippen molar-refractivity contribution in [3.63, 3.8) is 0 Å². The molecule has 1 aromatic carbocycles. The summed E-state index contributed by atoms with van der Waals surface area (Å²) in [6.07, 6.45) is 2.26. The standard InChI is InChI=1S/C17H19ClN4/c1-12-16(17(18)21(2)20-12)15-7-4-8-22(15)11-14-6-3-5-13(9-14)10-19/h3,5-6,9,15H,4,7-8,11H2,1-2H3/t15-/m1/s1. The fourth-order valence-corrected chi connectivity index (χ4v) is 3.64. The summed E-state index contributed by atoms with van der Waals surface area (Å²) in [6, 6.07) is 10.3. The average molecular weight is 315 g/mol. The highest BCUT2D eigenvalue weighted by atomic mass is 35.5. The van der Waals surface area contributed by atoms with Crippen LogP contribution in [0.25, 0.3) is 0 Å². The van der Waals surface area contributed by atoms with Crippen molar-refractivity contribution in [1.82, 2.24) is 14.7 Å². The number of nitriles is 1. The first-order chi connectivity index (χ1) is 10.6. The molecule has 0 saturated carbocycles. The molecule has 1 fully saturated rings. The van der Waals surface area contributed by atoms with Gasteiger partial charge in [-0.05, 0) is 44.0 Å². The molecular weight excluding hydrogens is 296 g/mol. The summed E-state index contributed by atoms with van der Waals surface area (Å²) >= 11 is 6.44. The number of rotatable bonds is 3. The lowest BCUT2D eigenvalue weighted by Gasteiger charge is -2.24. The Morgan fingerprint density at radius 3 is 2.95 bits per heavy atom. The first kappa shape index (κ1) is 15.1. The van der Waals surface area contributed by atoms with Crippen LogP contribution >= 0.6 is 11.6 Å². The number of likely N-dealkylation sites (tertiary alicyclic amines) is 1. The highest BCUT2D eigenvalue weighted by molar-refractivity contribution is 6.30. The van der Waals surface area contributed by atoms with Gasteiger partial charge in [0.1, 0.15) is 5.15 Å². The quantitative estimate of drug-likeness (QED) is 0.869. The fourth-order valence-electron chi connectivity index (χ4n) is 3.34. The van der Waals surface area contributed by atoms with Gasteiger partial charge in [-0.25, -0.2) is 0 Å². The molecule has 1 saturated heterocycles. The lowest BCUT2D eigenvalue weighted by Crippen LogP contribution is -2.23. The predicted octanol–water partition coefficient (Wildman–Crippen LogP) is 3.59. The summed E-state index contributed by atoms with van der Waals surface area (Å²) in [7, 11) is 1.88. The second kappa shape index (κ2) is 6.12. The summed E-state index contributed by atoms with van der Waals surface area (Å²) in [5.41, 5.74) is 4.04. The Morgan fingerprint density at radius 2 is 2.27 bits per heavy atom. The van der Waals surface area contributed by atoms with E-state index in [1.165, 1.54) is 5.56 Å². The van der Waals surface area contributed by atoms with E-state index in [1.54, 1.807) is 4.68 Å². The van der Waals surface area contributed by atoms with Crippen LogP contribution in [0.5, 0.6) is 0 Å². The lowest BCUT2D eigenvalue weighted by atomic mass is 10.0. The third kappa shape index (κ3) is 2.75. The Morgan fingerprint density at radius 1 is 1.45 bits per heavy atom. The maximum atomic E-state index is 9.04. The minimum Gasteiger partial charge on any atom is -0.292 e. The van der Waals surface area contributed by atoms with Crippen molar-refractivity contribution in [2.24, 2.45) is 7.05 Å². The monoisotopic (exact) mass is 314 g/mol. The van der Waals surface area contributed by atoms with Gasteiger partial charge >= 0.3 is 0 Å². The molecule has 2 heterocycles. The zero-order valence-electron chi connectivity index (χ0n) is 12.9. The average Bonchev–Trinajstić information content (AvgIpc) is 3.04. The van der Waals surface area contributed by atoms with E-state index in [1.807, 2.05) is 32.2 Å². The molecule has 0 aliphatic carbocycles. The second-order valence-electron chi connectivity index (χ2n) is 5.85. The van der Waals surface area contributed by atoms with Gasteiger partial charge < -0.3 is 0 Å². The van der Waals surface area contributed by atoms with Crippen molar-refractivity contribution >= 4 is 11.6 Å². The summed E-state index contributed by atoms with van der Waals surface area (Å²) < 4.78 is 1.75. The van der Waals surface area contributed by atoms with Crippen LogP contribution in [0.15, 0.2) is 24.3 Å². The normalized spacial score (nSPS) is 18.5. The Hall–Kier alpha value is -1.83. The predicted molar refractivity (Wildman–Crippen MR) is 86.5 cm³/mol. The molecular formula is C17H19ClN4. The van der Waals surface area contributed by atoms with E-state index in [0.717, 1.165) is 42.3 Å².